The molecule has 0 unspecified atom stereocenters. The summed E-state index contributed by atoms with van der Waals surface area (Å²) in [5, 5.41) is 9.33. The van der Waals surface area contributed by atoms with Gasteiger partial charge in [0.15, 0.2) is 0 Å². The van der Waals surface area contributed by atoms with Crippen molar-refractivity contribution in [2.75, 3.05) is 72.3 Å². The van der Waals surface area contributed by atoms with E-state index in [0.717, 1.165) is 148 Å². The Morgan fingerprint density at radius 1 is 0.338 bits per heavy atom. The molecule has 1 N–H and O–H groups in total. The molecule has 11 heteroatoms. The molecule has 1 fully saturated rings. The van der Waals surface area contributed by atoms with E-state index in [4.69, 9.17) is 18.9 Å². The molecule has 80 heavy (non-hydrogen) atoms. The fourth-order valence-electron chi connectivity index (χ4n) is 9.54. The summed E-state index contributed by atoms with van der Waals surface area (Å²) in [5.41, 5.74) is -1.27. The Morgan fingerprint density at radius 2 is 0.588 bits per heavy atom. The first-order valence-electron chi connectivity index (χ1n) is 32.9. The van der Waals surface area contributed by atoms with E-state index in [1.165, 1.54) is 77.0 Å². The molecule has 0 saturated carbocycles. The quantitative estimate of drug-likeness (QED) is 0.0270. The molecule has 0 radical (unpaired) electrons. The molecule has 1 saturated heterocycles. The van der Waals surface area contributed by atoms with Gasteiger partial charge < -0.3 is 29.0 Å². The molecule has 1 aliphatic rings. The first-order chi connectivity index (χ1) is 39.3. The number of aliphatic hydroxyl groups is 1. The smallest absolute Gasteiger partial charge is 0.305 e. The van der Waals surface area contributed by atoms with Crippen molar-refractivity contribution in [2.45, 2.75) is 265 Å². The van der Waals surface area contributed by atoms with Gasteiger partial charge in [0.1, 0.15) is 31.8 Å². The Labute approximate surface area is 490 Å². The molecule has 1 rings (SSSR count). The van der Waals surface area contributed by atoms with Crippen molar-refractivity contribution in [1.82, 2.24) is 9.80 Å². The normalized spacial score (nSPS) is 13.8. The molecule has 1 heterocycles. The minimum atomic E-state index is -1.27. The van der Waals surface area contributed by atoms with Crippen molar-refractivity contribution >= 4 is 23.9 Å². The van der Waals surface area contributed by atoms with Crippen LogP contribution in [0.4, 0.5) is 0 Å². The molecule has 1 aliphatic heterocycles. The van der Waals surface area contributed by atoms with E-state index in [1.807, 2.05) is 0 Å². The number of rotatable bonds is 56. The topological polar surface area (TPSA) is 132 Å². The van der Waals surface area contributed by atoms with Gasteiger partial charge in [-0.25, -0.2) is 0 Å². The average molecular weight is 1120 g/mol. The van der Waals surface area contributed by atoms with Crippen LogP contribution in [-0.2, 0) is 38.1 Å². The van der Waals surface area contributed by atoms with Crippen LogP contribution in [0.3, 0.4) is 0 Å². The second-order valence-electron chi connectivity index (χ2n) is 22.6. The van der Waals surface area contributed by atoms with Gasteiger partial charge in [-0.05, 0) is 129 Å². The third-order valence-corrected chi connectivity index (χ3v) is 14.9. The zero-order valence-corrected chi connectivity index (χ0v) is 51.7. The van der Waals surface area contributed by atoms with Gasteiger partial charge in [-0.3, -0.25) is 24.1 Å². The maximum atomic E-state index is 13.4. The summed E-state index contributed by atoms with van der Waals surface area (Å²) in [6.45, 7) is 10.9. The molecule has 0 aliphatic carbocycles. The van der Waals surface area contributed by atoms with E-state index in [-0.39, 0.29) is 76.6 Å². The second-order valence-corrected chi connectivity index (χ2v) is 22.6. The molecule has 0 atom stereocenters. The second kappa shape index (κ2) is 57.0. The number of esters is 4. The highest BCUT2D eigenvalue weighted by Gasteiger charge is 2.38. The van der Waals surface area contributed by atoms with Gasteiger partial charge in [-0.15, -0.1) is 0 Å². The van der Waals surface area contributed by atoms with Gasteiger partial charge in [0.25, 0.3) is 0 Å². The summed E-state index contributed by atoms with van der Waals surface area (Å²) < 4.78 is 23.7. The molecule has 0 aromatic rings. The highest BCUT2D eigenvalue weighted by Crippen LogP contribution is 2.24. The number of nitrogens with zero attached hydrogens (tertiary/aromatic N) is 2. The van der Waals surface area contributed by atoms with Gasteiger partial charge in [-0.1, -0.05) is 190 Å². The fraction of sp³-hybridized carbons (Fsp3) is 0.768. The van der Waals surface area contributed by atoms with E-state index in [0.29, 0.717) is 32.2 Å². The number of hydrogen-bond acceptors (Lipinski definition) is 11. The van der Waals surface area contributed by atoms with Crippen LogP contribution in [0.15, 0.2) is 72.9 Å². The third-order valence-electron chi connectivity index (χ3n) is 14.9. The monoisotopic (exact) mass is 1120 g/mol. The number of piperazine rings is 1. The van der Waals surface area contributed by atoms with Crippen molar-refractivity contribution in [3.8, 4) is 0 Å². The van der Waals surface area contributed by atoms with Crippen molar-refractivity contribution in [1.29, 1.82) is 0 Å². The van der Waals surface area contributed by atoms with Gasteiger partial charge in [0.2, 0.25) is 0 Å². The number of carbonyl (C=O) groups excluding carboxylic acids is 4. The molecule has 0 aromatic carbocycles. The first-order valence-corrected chi connectivity index (χ1v) is 32.9. The summed E-state index contributed by atoms with van der Waals surface area (Å²) in [7, 11) is 0. The highest BCUT2D eigenvalue weighted by molar-refractivity contribution is 5.71. The van der Waals surface area contributed by atoms with Crippen LogP contribution in [0.5, 0.6) is 0 Å². The zero-order valence-electron chi connectivity index (χ0n) is 51.7. The molecule has 0 amide bonds. The lowest BCUT2D eigenvalue weighted by molar-refractivity contribution is -0.170. The summed E-state index contributed by atoms with van der Waals surface area (Å²) in [6.07, 6.45) is 64.4. The fourth-order valence-corrected chi connectivity index (χ4v) is 9.54. The minimum absolute atomic E-state index is 0.147. The predicted octanol–water partition coefficient (Wildman–Crippen LogP) is 17.0. The van der Waals surface area contributed by atoms with E-state index in [2.05, 4.69) is 103 Å². The number of ether oxygens (including phenoxy) is 4. The van der Waals surface area contributed by atoms with E-state index < -0.39 is 11.4 Å². The molecule has 0 spiro atoms. The van der Waals surface area contributed by atoms with Crippen LogP contribution in [-0.4, -0.2) is 111 Å². The minimum Gasteiger partial charge on any atom is -0.465 e. The Kier molecular flexibility index (Phi) is 52.9. The number of allylic oxidation sites excluding steroid dienone is 12. The molecule has 0 aromatic heterocycles. The zero-order chi connectivity index (χ0) is 57.9. The number of unbranched alkanes of at least 4 members (excludes halogenated alkanes) is 24. The molecule has 11 nitrogen and oxygen atoms in total. The van der Waals surface area contributed by atoms with Crippen LogP contribution >= 0.6 is 0 Å². The third kappa shape index (κ3) is 48.9. The van der Waals surface area contributed by atoms with E-state index in [9.17, 15) is 24.3 Å². The summed E-state index contributed by atoms with van der Waals surface area (Å²) in [6, 6.07) is 0. The van der Waals surface area contributed by atoms with Gasteiger partial charge in [0.05, 0.1) is 6.61 Å². The number of hydrogen-bond donors (Lipinski definition) is 1. The number of aliphatic hydroxyl groups excluding tert-OH is 1. The van der Waals surface area contributed by atoms with E-state index in [1.54, 1.807) is 0 Å². The van der Waals surface area contributed by atoms with Crippen LogP contribution in [0.25, 0.3) is 0 Å². The summed E-state index contributed by atoms with van der Waals surface area (Å²) in [5.74, 6) is -1.53. The lowest BCUT2D eigenvalue weighted by atomic mass is 9.92. The Bertz CT molecular complexity index is 1490. The molecular weight excluding hydrogens is 1000 g/mol. The van der Waals surface area contributed by atoms with Crippen LogP contribution < -0.4 is 0 Å². The highest BCUT2D eigenvalue weighted by atomic mass is 16.6. The van der Waals surface area contributed by atoms with Crippen molar-refractivity contribution < 1.29 is 43.2 Å². The lowest BCUT2D eigenvalue weighted by Gasteiger charge is -2.34. The Balaban J connectivity index is 2.88. The standard InChI is InChI=1S/C69H120N2O9/c1-4-7-10-13-16-19-22-25-28-31-34-37-40-43-46-50-65(73)77-61-69(64-80-68(76)53-49-54-70-55-57-71(58-56-70)59-60-72,62-78-66(74)51-47-44-41-38-35-32-29-26-23-20-17-14-11-8-5-2)63-79-67(75)52-48-45-42-39-36-33-30-27-24-21-18-15-12-9-6-3/h16-21,25-30,72H,4-15,22-24,31-64H2,1-3H3/b19-16-,20-17-,21-18-,28-25-,29-26-,30-27-. The molecule has 460 valence electrons. The Hall–Kier alpha value is -3.80. The van der Waals surface area contributed by atoms with Gasteiger partial charge in [-0.2, -0.15) is 0 Å². The molecule has 0 bridgehead atoms. The van der Waals surface area contributed by atoms with Crippen molar-refractivity contribution in [3.05, 3.63) is 72.9 Å². The van der Waals surface area contributed by atoms with Crippen LogP contribution in [0.2, 0.25) is 0 Å². The predicted molar refractivity (Wildman–Crippen MR) is 334 cm³/mol. The maximum Gasteiger partial charge on any atom is 0.305 e. The lowest BCUT2D eigenvalue weighted by Crippen LogP contribution is -2.47. The van der Waals surface area contributed by atoms with Gasteiger partial charge in [0, 0.05) is 58.4 Å². The molecular formula is C69H120N2O9. The maximum absolute atomic E-state index is 13.4. The number of β-amino-alcohol motifs (C(OH)–C–C–N with tert-alkyl or cyclic N) is 1. The summed E-state index contributed by atoms with van der Waals surface area (Å²) >= 11 is 0. The first kappa shape index (κ1) is 74.2. The largest absolute Gasteiger partial charge is 0.465 e. The Morgan fingerprint density at radius 3 is 0.875 bits per heavy atom. The van der Waals surface area contributed by atoms with Crippen LogP contribution in [0, 0.1) is 5.41 Å². The average Bonchev–Trinajstić information content (AvgIpc) is 3.46. The summed E-state index contributed by atoms with van der Waals surface area (Å²) in [4.78, 5) is 57.9. The number of carbonyl (C=O) groups is 4. The van der Waals surface area contributed by atoms with Crippen molar-refractivity contribution in [2.24, 2.45) is 5.41 Å². The SMILES string of the molecule is CCCCC/C=C\C/C=C\CCCCCCCC(=O)OCC(COC(=O)CCCCCCC/C=C\C/C=C\CCCCC)(COC(=O)CCCCCCC/C=C\C/C=C\CCCCC)COC(=O)CCCN1CCN(CCO)CC1. The van der Waals surface area contributed by atoms with Crippen molar-refractivity contribution in [3.63, 3.8) is 0 Å². The van der Waals surface area contributed by atoms with Gasteiger partial charge >= 0.3 is 23.9 Å². The van der Waals surface area contributed by atoms with E-state index >= 15 is 0 Å². The van der Waals surface area contributed by atoms with Crippen LogP contribution in [0.1, 0.15) is 265 Å².